The summed E-state index contributed by atoms with van der Waals surface area (Å²) in [5.41, 5.74) is 0. The number of fused-ring (bicyclic) bond motifs is 2. The average Bonchev–Trinajstić information content (AvgIpc) is 2.22. The average molecular weight is 165 g/mol. The Labute approximate surface area is 65.5 Å². The quantitative estimate of drug-likeness (QED) is 0.484. The maximum Gasteiger partial charge on any atom is 0.0381 e. The molecule has 0 aromatic carbocycles. The first-order valence-electron chi connectivity index (χ1n) is 3.55. The molecule has 2 fully saturated rings. The van der Waals surface area contributed by atoms with Gasteiger partial charge >= 0.3 is 0 Å². The third-order valence-corrected chi connectivity index (χ3v) is 3.66. The highest BCUT2D eigenvalue weighted by Gasteiger charge is 2.44. The number of halogens is 2. The molecule has 0 aromatic rings. The lowest BCUT2D eigenvalue weighted by atomic mass is 10.00. The van der Waals surface area contributed by atoms with Crippen LogP contribution < -0.4 is 0 Å². The maximum absolute atomic E-state index is 6.02. The number of alkyl halides is 2. The van der Waals surface area contributed by atoms with Gasteiger partial charge in [0.1, 0.15) is 0 Å². The Bertz CT molecular complexity index is 112. The van der Waals surface area contributed by atoms with Gasteiger partial charge in [-0.25, -0.2) is 0 Å². The maximum atomic E-state index is 6.02. The largest absolute Gasteiger partial charge is 0.123 e. The highest BCUT2D eigenvalue weighted by molar-refractivity contribution is 6.24. The van der Waals surface area contributed by atoms with Gasteiger partial charge in [-0.05, 0) is 31.1 Å². The molecule has 0 aliphatic heterocycles. The zero-order chi connectivity index (χ0) is 6.43. The van der Waals surface area contributed by atoms with Gasteiger partial charge in [0.05, 0.1) is 0 Å². The molecule has 0 radical (unpaired) electrons. The van der Waals surface area contributed by atoms with Crippen molar-refractivity contribution < 1.29 is 0 Å². The van der Waals surface area contributed by atoms with Crippen molar-refractivity contribution in [1.29, 1.82) is 0 Å². The molecular weight excluding hydrogens is 155 g/mol. The highest BCUT2D eigenvalue weighted by atomic mass is 35.5. The van der Waals surface area contributed by atoms with E-state index < -0.39 is 0 Å². The van der Waals surface area contributed by atoms with Crippen LogP contribution in [0.15, 0.2) is 0 Å². The molecule has 2 rings (SSSR count). The number of hydrogen-bond donors (Lipinski definition) is 0. The minimum absolute atomic E-state index is 0.395. The molecule has 0 N–H and O–H groups in total. The van der Waals surface area contributed by atoms with E-state index in [2.05, 4.69) is 0 Å². The van der Waals surface area contributed by atoms with Crippen molar-refractivity contribution in [3.05, 3.63) is 0 Å². The Kier molecular flexibility index (Phi) is 1.42. The molecule has 2 saturated carbocycles. The molecule has 0 saturated heterocycles. The minimum atomic E-state index is 0.395. The van der Waals surface area contributed by atoms with Crippen molar-refractivity contribution >= 4 is 23.2 Å². The molecule has 2 unspecified atom stereocenters. The van der Waals surface area contributed by atoms with E-state index in [1.165, 1.54) is 19.3 Å². The van der Waals surface area contributed by atoms with E-state index in [0.29, 0.717) is 16.7 Å². The SMILES string of the molecule is ClC1CC2CC(Cl)C1C2. The first kappa shape index (κ1) is 6.30. The van der Waals surface area contributed by atoms with Crippen molar-refractivity contribution in [2.75, 3.05) is 0 Å². The minimum Gasteiger partial charge on any atom is -0.123 e. The summed E-state index contributed by atoms with van der Waals surface area (Å²) in [5, 5.41) is 0.789. The first-order chi connectivity index (χ1) is 4.27. The Balaban J connectivity index is 2.13. The fourth-order valence-electron chi connectivity index (χ4n) is 2.18. The van der Waals surface area contributed by atoms with Crippen LogP contribution >= 0.6 is 23.2 Å². The lowest BCUT2D eigenvalue weighted by Gasteiger charge is -2.19. The topological polar surface area (TPSA) is 0 Å². The van der Waals surface area contributed by atoms with Gasteiger partial charge in [0.2, 0.25) is 0 Å². The van der Waals surface area contributed by atoms with Crippen LogP contribution in [0.2, 0.25) is 0 Å². The molecule has 9 heavy (non-hydrogen) atoms. The van der Waals surface area contributed by atoms with Crippen molar-refractivity contribution in [1.82, 2.24) is 0 Å². The normalized spacial score (nSPS) is 56.7. The second kappa shape index (κ2) is 2.03. The van der Waals surface area contributed by atoms with Gasteiger partial charge in [-0.2, -0.15) is 0 Å². The second-order valence-corrected chi connectivity index (χ2v) is 4.39. The van der Waals surface area contributed by atoms with Crippen molar-refractivity contribution in [3.63, 3.8) is 0 Å². The molecule has 2 atom stereocenters. The van der Waals surface area contributed by atoms with Crippen LogP contribution in [0.4, 0.5) is 0 Å². The molecule has 0 amide bonds. The van der Waals surface area contributed by atoms with E-state index >= 15 is 0 Å². The van der Waals surface area contributed by atoms with Gasteiger partial charge in [-0.3, -0.25) is 0 Å². The number of hydrogen-bond acceptors (Lipinski definition) is 0. The fourth-order valence-corrected chi connectivity index (χ4v) is 3.32. The van der Waals surface area contributed by atoms with Crippen LogP contribution in [-0.2, 0) is 0 Å². The Morgan fingerprint density at radius 2 is 1.44 bits per heavy atom. The summed E-state index contributed by atoms with van der Waals surface area (Å²) in [7, 11) is 0. The van der Waals surface area contributed by atoms with Crippen LogP contribution in [0.1, 0.15) is 19.3 Å². The van der Waals surface area contributed by atoms with E-state index in [0.717, 1.165) is 5.92 Å². The van der Waals surface area contributed by atoms with Gasteiger partial charge in [0.15, 0.2) is 0 Å². The first-order valence-corrected chi connectivity index (χ1v) is 4.43. The van der Waals surface area contributed by atoms with Crippen LogP contribution in [0.3, 0.4) is 0 Å². The van der Waals surface area contributed by atoms with Crippen LogP contribution in [0.25, 0.3) is 0 Å². The monoisotopic (exact) mass is 164 g/mol. The standard InChI is InChI=1S/C7H10Cl2/c8-6-2-4-1-5(6)7(9)3-4/h4-7H,1-3H2. The zero-order valence-corrected chi connectivity index (χ0v) is 6.70. The van der Waals surface area contributed by atoms with E-state index in [-0.39, 0.29) is 0 Å². The van der Waals surface area contributed by atoms with Crippen LogP contribution in [-0.4, -0.2) is 10.8 Å². The highest BCUT2D eigenvalue weighted by Crippen LogP contribution is 2.49. The van der Waals surface area contributed by atoms with Gasteiger partial charge < -0.3 is 0 Å². The van der Waals surface area contributed by atoms with Crippen LogP contribution in [0, 0.1) is 11.8 Å². The molecule has 0 nitrogen and oxygen atoms in total. The van der Waals surface area contributed by atoms with Crippen molar-refractivity contribution in [3.8, 4) is 0 Å². The summed E-state index contributed by atoms with van der Waals surface area (Å²) in [4.78, 5) is 0. The summed E-state index contributed by atoms with van der Waals surface area (Å²) >= 11 is 12.0. The van der Waals surface area contributed by atoms with E-state index in [4.69, 9.17) is 23.2 Å². The van der Waals surface area contributed by atoms with E-state index in [1.807, 2.05) is 0 Å². The second-order valence-electron chi connectivity index (χ2n) is 3.27. The van der Waals surface area contributed by atoms with Gasteiger partial charge in [0, 0.05) is 10.8 Å². The molecule has 2 bridgehead atoms. The zero-order valence-electron chi connectivity index (χ0n) is 5.19. The molecule has 0 spiro atoms. The number of rotatable bonds is 0. The third-order valence-electron chi connectivity index (χ3n) is 2.65. The lowest BCUT2D eigenvalue weighted by molar-refractivity contribution is 0.494. The van der Waals surface area contributed by atoms with Gasteiger partial charge in [-0.15, -0.1) is 23.2 Å². The molecular formula is C7H10Cl2. The summed E-state index contributed by atoms with van der Waals surface area (Å²) < 4.78 is 0. The summed E-state index contributed by atoms with van der Waals surface area (Å²) in [6.07, 6.45) is 3.73. The van der Waals surface area contributed by atoms with E-state index in [9.17, 15) is 0 Å². The molecule has 2 aliphatic rings. The molecule has 0 aromatic heterocycles. The predicted octanol–water partition coefficient (Wildman–Crippen LogP) is 2.63. The Hall–Kier alpha value is 0.580. The predicted molar refractivity (Wildman–Crippen MR) is 40.1 cm³/mol. The van der Waals surface area contributed by atoms with Gasteiger partial charge in [-0.1, -0.05) is 0 Å². The summed E-state index contributed by atoms with van der Waals surface area (Å²) in [5.74, 6) is 1.50. The Morgan fingerprint density at radius 3 is 1.67 bits per heavy atom. The van der Waals surface area contributed by atoms with Crippen molar-refractivity contribution in [2.45, 2.75) is 30.0 Å². The van der Waals surface area contributed by atoms with Crippen LogP contribution in [0.5, 0.6) is 0 Å². The van der Waals surface area contributed by atoms with Crippen molar-refractivity contribution in [2.24, 2.45) is 11.8 Å². The smallest absolute Gasteiger partial charge is 0.0381 e. The Morgan fingerprint density at radius 1 is 0.889 bits per heavy atom. The molecule has 2 aliphatic carbocycles. The van der Waals surface area contributed by atoms with Gasteiger partial charge in [0.25, 0.3) is 0 Å². The molecule has 52 valence electrons. The molecule has 2 heteroatoms. The molecule has 0 heterocycles. The summed E-state index contributed by atoms with van der Waals surface area (Å²) in [6, 6.07) is 0. The summed E-state index contributed by atoms with van der Waals surface area (Å²) in [6.45, 7) is 0. The van der Waals surface area contributed by atoms with E-state index in [1.54, 1.807) is 0 Å². The lowest BCUT2D eigenvalue weighted by Crippen LogP contribution is -2.19. The fraction of sp³-hybridized carbons (Fsp3) is 1.00. The third kappa shape index (κ3) is 0.877.